The molecule has 62 valence electrons. The number of carbonyl (C=O) groups is 2. The van der Waals surface area contributed by atoms with Crippen LogP contribution in [0.3, 0.4) is 0 Å². The lowest BCUT2D eigenvalue weighted by atomic mass is 10.3. The molecule has 0 bridgehead atoms. The molecule has 1 heterocycles. The third kappa shape index (κ3) is 2.57. The Labute approximate surface area is 64.5 Å². The summed E-state index contributed by atoms with van der Waals surface area (Å²) in [5.74, 6) is -0.650. The highest BCUT2D eigenvalue weighted by Gasteiger charge is 2.17. The molecule has 0 spiro atoms. The maximum absolute atomic E-state index is 10.8. The molecule has 1 atom stereocenters. The molecule has 1 saturated heterocycles. The van der Waals surface area contributed by atoms with Gasteiger partial charge in [-0.3, -0.25) is 9.59 Å². The summed E-state index contributed by atoms with van der Waals surface area (Å²) in [6.45, 7) is 1.86. The fourth-order valence-corrected chi connectivity index (χ4v) is 0.804. The smallest absolute Gasteiger partial charge is 0.306 e. The van der Waals surface area contributed by atoms with Gasteiger partial charge in [0, 0.05) is 0 Å². The van der Waals surface area contributed by atoms with E-state index >= 15 is 0 Å². The van der Waals surface area contributed by atoms with Gasteiger partial charge in [0.1, 0.15) is 12.7 Å². The minimum Gasteiger partial charge on any atom is -0.462 e. The highest BCUT2D eigenvalue weighted by molar-refractivity contribution is 5.78. The Bertz CT molecular complexity index is 175. The molecule has 0 radical (unpaired) electrons. The predicted molar refractivity (Wildman–Crippen MR) is 35.7 cm³/mol. The first-order valence-electron chi connectivity index (χ1n) is 3.53. The number of hydrogen-bond acceptors (Lipinski definition) is 4. The van der Waals surface area contributed by atoms with E-state index in [1.807, 2.05) is 0 Å². The third-order valence-electron chi connectivity index (χ3n) is 1.34. The van der Waals surface area contributed by atoms with E-state index in [1.165, 1.54) is 0 Å². The molecular weight excluding hydrogens is 148 g/mol. The first-order chi connectivity index (χ1) is 5.18. The number of hydrogen-bond donors (Lipinski definition) is 0. The standard InChI is InChI=1S/C7H10O4/c1-5-4-10-6(8)2-3-7(9)11-5/h5H,2-4H2,1H3/t5-/m1/s1. The van der Waals surface area contributed by atoms with Crippen molar-refractivity contribution in [2.75, 3.05) is 6.61 Å². The van der Waals surface area contributed by atoms with Gasteiger partial charge in [0.25, 0.3) is 0 Å². The van der Waals surface area contributed by atoms with Crippen molar-refractivity contribution in [1.29, 1.82) is 0 Å². The molecule has 0 N–H and O–H groups in total. The molecule has 1 rings (SSSR count). The summed E-state index contributed by atoms with van der Waals surface area (Å²) in [5, 5.41) is 0. The minimum absolute atomic E-state index is 0.128. The summed E-state index contributed by atoms with van der Waals surface area (Å²) in [5.41, 5.74) is 0. The van der Waals surface area contributed by atoms with E-state index < -0.39 is 0 Å². The van der Waals surface area contributed by atoms with E-state index in [2.05, 4.69) is 0 Å². The molecule has 0 aliphatic carbocycles. The lowest BCUT2D eigenvalue weighted by Gasteiger charge is -2.16. The average molecular weight is 158 g/mol. The summed E-state index contributed by atoms with van der Waals surface area (Å²) < 4.78 is 9.55. The van der Waals surface area contributed by atoms with Crippen LogP contribution in [0.5, 0.6) is 0 Å². The van der Waals surface area contributed by atoms with Crippen LogP contribution in [0.25, 0.3) is 0 Å². The lowest BCUT2D eigenvalue weighted by molar-refractivity contribution is -0.164. The molecule has 0 aromatic rings. The van der Waals surface area contributed by atoms with E-state index in [1.54, 1.807) is 6.92 Å². The average Bonchev–Trinajstić information content (AvgIpc) is 1.95. The van der Waals surface area contributed by atoms with Gasteiger partial charge in [0.15, 0.2) is 0 Å². The first kappa shape index (κ1) is 8.04. The third-order valence-corrected chi connectivity index (χ3v) is 1.34. The molecule has 4 nitrogen and oxygen atoms in total. The molecule has 1 aliphatic heterocycles. The van der Waals surface area contributed by atoms with E-state index in [4.69, 9.17) is 9.47 Å². The summed E-state index contributed by atoms with van der Waals surface area (Å²) in [4.78, 5) is 21.5. The summed E-state index contributed by atoms with van der Waals surface area (Å²) in [6, 6.07) is 0. The zero-order valence-corrected chi connectivity index (χ0v) is 6.33. The highest BCUT2D eigenvalue weighted by atomic mass is 16.6. The Morgan fingerprint density at radius 1 is 1.27 bits per heavy atom. The Morgan fingerprint density at radius 3 is 2.64 bits per heavy atom. The molecular formula is C7H10O4. The number of rotatable bonds is 0. The second-order valence-electron chi connectivity index (χ2n) is 2.48. The second kappa shape index (κ2) is 3.37. The van der Waals surface area contributed by atoms with Gasteiger partial charge >= 0.3 is 11.9 Å². The summed E-state index contributed by atoms with van der Waals surface area (Å²) in [6.07, 6.45) is -0.0545. The van der Waals surface area contributed by atoms with Crippen LogP contribution in [0, 0.1) is 0 Å². The molecule has 1 fully saturated rings. The predicted octanol–water partition coefficient (Wildman–Crippen LogP) is 0.255. The quantitative estimate of drug-likeness (QED) is 0.474. The molecule has 0 aromatic carbocycles. The zero-order chi connectivity index (χ0) is 8.27. The van der Waals surface area contributed by atoms with Gasteiger partial charge in [0.05, 0.1) is 12.8 Å². The lowest BCUT2D eigenvalue weighted by Crippen LogP contribution is -2.26. The largest absolute Gasteiger partial charge is 0.462 e. The van der Waals surface area contributed by atoms with Crippen LogP contribution in [0.4, 0.5) is 0 Å². The van der Waals surface area contributed by atoms with E-state index in [-0.39, 0.29) is 37.5 Å². The van der Waals surface area contributed by atoms with Gasteiger partial charge in [-0.15, -0.1) is 0 Å². The van der Waals surface area contributed by atoms with Crippen molar-refractivity contribution < 1.29 is 19.1 Å². The summed E-state index contributed by atoms with van der Waals surface area (Å²) >= 11 is 0. The highest BCUT2D eigenvalue weighted by Crippen LogP contribution is 2.04. The van der Waals surface area contributed by atoms with Crippen molar-refractivity contribution in [3.05, 3.63) is 0 Å². The molecule has 1 aliphatic rings. The second-order valence-corrected chi connectivity index (χ2v) is 2.48. The molecule has 4 heteroatoms. The Balaban J connectivity index is 2.47. The number of carbonyl (C=O) groups excluding carboxylic acids is 2. The number of ether oxygens (including phenoxy) is 2. The van der Waals surface area contributed by atoms with E-state index in [0.717, 1.165) is 0 Å². The molecule has 0 aromatic heterocycles. The van der Waals surface area contributed by atoms with Crippen LogP contribution >= 0.6 is 0 Å². The molecule has 0 unspecified atom stereocenters. The van der Waals surface area contributed by atoms with Crippen molar-refractivity contribution in [2.45, 2.75) is 25.9 Å². The fraction of sp³-hybridized carbons (Fsp3) is 0.714. The van der Waals surface area contributed by atoms with Crippen molar-refractivity contribution in [3.63, 3.8) is 0 Å². The number of cyclic esters (lactones) is 2. The summed E-state index contributed by atoms with van der Waals surface area (Å²) in [7, 11) is 0. The molecule has 0 saturated carbocycles. The van der Waals surface area contributed by atoms with Crippen LogP contribution in [-0.2, 0) is 19.1 Å². The maximum Gasteiger partial charge on any atom is 0.306 e. The zero-order valence-electron chi connectivity index (χ0n) is 6.33. The van der Waals surface area contributed by atoms with E-state index in [0.29, 0.717) is 0 Å². The molecule has 0 amide bonds. The van der Waals surface area contributed by atoms with Gasteiger partial charge in [0.2, 0.25) is 0 Å². The Morgan fingerprint density at radius 2 is 1.91 bits per heavy atom. The SMILES string of the molecule is C[C@@H]1COC(=O)CCC(=O)O1. The van der Waals surface area contributed by atoms with Crippen molar-refractivity contribution in [3.8, 4) is 0 Å². The maximum atomic E-state index is 10.8. The van der Waals surface area contributed by atoms with Gasteiger partial charge in [-0.1, -0.05) is 0 Å². The van der Waals surface area contributed by atoms with Gasteiger partial charge < -0.3 is 9.47 Å². The van der Waals surface area contributed by atoms with Crippen molar-refractivity contribution >= 4 is 11.9 Å². The van der Waals surface area contributed by atoms with Gasteiger partial charge in [-0.05, 0) is 6.92 Å². The molecule has 11 heavy (non-hydrogen) atoms. The van der Waals surface area contributed by atoms with Crippen molar-refractivity contribution in [2.24, 2.45) is 0 Å². The Kier molecular flexibility index (Phi) is 2.46. The normalized spacial score (nSPS) is 26.5. The van der Waals surface area contributed by atoms with Crippen LogP contribution in [-0.4, -0.2) is 24.6 Å². The van der Waals surface area contributed by atoms with Gasteiger partial charge in [-0.2, -0.15) is 0 Å². The topological polar surface area (TPSA) is 52.6 Å². The van der Waals surface area contributed by atoms with Crippen LogP contribution in [0.1, 0.15) is 19.8 Å². The fourth-order valence-electron chi connectivity index (χ4n) is 0.804. The number of esters is 2. The van der Waals surface area contributed by atoms with Crippen LogP contribution < -0.4 is 0 Å². The first-order valence-corrected chi connectivity index (χ1v) is 3.53. The Hall–Kier alpha value is -1.06. The van der Waals surface area contributed by atoms with Crippen LogP contribution in [0.2, 0.25) is 0 Å². The van der Waals surface area contributed by atoms with Crippen molar-refractivity contribution in [1.82, 2.24) is 0 Å². The van der Waals surface area contributed by atoms with Crippen LogP contribution in [0.15, 0.2) is 0 Å². The van der Waals surface area contributed by atoms with Gasteiger partial charge in [-0.25, -0.2) is 0 Å². The van der Waals surface area contributed by atoms with E-state index in [9.17, 15) is 9.59 Å². The minimum atomic E-state index is -0.325. The monoisotopic (exact) mass is 158 g/mol.